The van der Waals surface area contributed by atoms with Crippen molar-refractivity contribution >= 4 is 5.78 Å². The van der Waals surface area contributed by atoms with Crippen LogP contribution in [-0.4, -0.2) is 25.3 Å². The highest BCUT2D eigenvalue weighted by molar-refractivity contribution is 5.91. The highest BCUT2D eigenvalue weighted by Crippen LogP contribution is 2.44. The van der Waals surface area contributed by atoms with Crippen molar-refractivity contribution in [1.82, 2.24) is 0 Å². The number of methoxy groups -OCH3 is 1. The van der Waals surface area contributed by atoms with E-state index in [0.29, 0.717) is 36.3 Å². The fraction of sp³-hybridized carbons (Fsp3) is 0.471. The molecule has 1 fully saturated rings. The Morgan fingerprint density at radius 1 is 1.45 bits per heavy atom. The number of hydrogen-bond donors (Lipinski definition) is 0. The van der Waals surface area contributed by atoms with Gasteiger partial charge in [0.15, 0.2) is 12.6 Å². The minimum absolute atomic E-state index is 0.00255. The molecule has 1 aromatic rings. The Kier molecular flexibility index (Phi) is 3.91. The Balaban J connectivity index is 1.83. The molecule has 0 saturated carbocycles. The quantitative estimate of drug-likeness (QED) is 0.858. The molecule has 22 heavy (non-hydrogen) atoms. The van der Waals surface area contributed by atoms with Gasteiger partial charge in [-0.1, -0.05) is 13.0 Å². The minimum atomic E-state index is -0.611. The first-order valence-corrected chi connectivity index (χ1v) is 7.39. The maximum atomic E-state index is 14.1. The standard InChI is InChI=1S/C17H19FO4/c1-11(7-12-3-4-14(20-2)9-15(12)18)17-6-5-13(19)8-16(17)21-10-22-17/h3-4,8-9,11H,5-7,10H2,1-2H3/t11-,17+/m0/s1. The van der Waals surface area contributed by atoms with Gasteiger partial charge in [-0.05, 0) is 30.4 Å². The second-order valence-electron chi connectivity index (χ2n) is 5.83. The van der Waals surface area contributed by atoms with E-state index in [1.807, 2.05) is 6.92 Å². The van der Waals surface area contributed by atoms with Gasteiger partial charge in [-0.25, -0.2) is 4.39 Å². The third kappa shape index (κ3) is 2.50. The zero-order valence-corrected chi connectivity index (χ0v) is 12.7. The van der Waals surface area contributed by atoms with Crippen LogP contribution < -0.4 is 4.74 Å². The van der Waals surface area contributed by atoms with Crippen LogP contribution in [0.25, 0.3) is 0 Å². The van der Waals surface area contributed by atoms with Crippen molar-refractivity contribution in [2.45, 2.75) is 31.8 Å². The van der Waals surface area contributed by atoms with Crippen LogP contribution in [0.4, 0.5) is 4.39 Å². The SMILES string of the molecule is COc1ccc(C[C@H](C)[C@]23CCC(=O)C=C2OCO3)c(F)c1. The van der Waals surface area contributed by atoms with Crippen molar-refractivity contribution in [2.24, 2.45) is 5.92 Å². The molecule has 118 valence electrons. The number of halogens is 1. The summed E-state index contributed by atoms with van der Waals surface area (Å²) in [4.78, 5) is 11.6. The van der Waals surface area contributed by atoms with Crippen LogP contribution in [0.15, 0.2) is 30.0 Å². The smallest absolute Gasteiger partial charge is 0.189 e. The lowest BCUT2D eigenvalue weighted by Gasteiger charge is -2.35. The summed E-state index contributed by atoms with van der Waals surface area (Å²) in [6.07, 6.45) is 3.04. The number of carbonyl (C=O) groups is 1. The summed E-state index contributed by atoms with van der Waals surface area (Å²) in [7, 11) is 1.51. The molecule has 1 aliphatic carbocycles. The van der Waals surface area contributed by atoms with E-state index < -0.39 is 5.60 Å². The van der Waals surface area contributed by atoms with Crippen LogP contribution in [-0.2, 0) is 20.7 Å². The maximum Gasteiger partial charge on any atom is 0.189 e. The van der Waals surface area contributed by atoms with Crippen molar-refractivity contribution in [1.29, 1.82) is 0 Å². The first-order valence-electron chi connectivity index (χ1n) is 7.39. The molecular formula is C17H19FO4. The van der Waals surface area contributed by atoms with Crippen LogP contribution in [0.5, 0.6) is 5.75 Å². The van der Waals surface area contributed by atoms with Crippen molar-refractivity contribution in [3.8, 4) is 5.75 Å². The zero-order chi connectivity index (χ0) is 15.7. The van der Waals surface area contributed by atoms with Gasteiger partial charge in [0.2, 0.25) is 0 Å². The highest BCUT2D eigenvalue weighted by atomic mass is 19.1. The van der Waals surface area contributed by atoms with Gasteiger partial charge in [-0.3, -0.25) is 4.79 Å². The van der Waals surface area contributed by atoms with E-state index in [2.05, 4.69) is 0 Å². The summed E-state index contributed by atoms with van der Waals surface area (Å²) in [5.74, 6) is 0.844. The van der Waals surface area contributed by atoms with Gasteiger partial charge >= 0.3 is 0 Å². The van der Waals surface area contributed by atoms with Crippen molar-refractivity contribution in [3.63, 3.8) is 0 Å². The molecule has 4 nitrogen and oxygen atoms in total. The molecular weight excluding hydrogens is 287 g/mol. The molecule has 0 aromatic heterocycles. The average molecular weight is 306 g/mol. The van der Waals surface area contributed by atoms with Crippen molar-refractivity contribution in [2.75, 3.05) is 13.9 Å². The maximum absolute atomic E-state index is 14.1. The van der Waals surface area contributed by atoms with Crippen LogP contribution in [0.1, 0.15) is 25.3 Å². The van der Waals surface area contributed by atoms with E-state index in [4.69, 9.17) is 14.2 Å². The molecule has 2 aliphatic rings. The molecule has 1 aromatic carbocycles. The Morgan fingerprint density at radius 3 is 3.00 bits per heavy atom. The lowest BCUT2D eigenvalue weighted by Crippen LogP contribution is -2.41. The van der Waals surface area contributed by atoms with Gasteiger partial charge < -0.3 is 14.2 Å². The van der Waals surface area contributed by atoms with Crippen molar-refractivity contribution in [3.05, 3.63) is 41.4 Å². The topological polar surface area (TPSA) is 44.8 Å². The normalized spacial score (nSPS) is 25.2. The lowest BCUT2D eigenvalue weighted by atomic mass is 9.76. The molecule has 5 heteroatoms. The third-order valence-corrected chi connectivity index (χ3v) is 4.57. The Hall–Kier alpha value is -1.88. The number of ether oxygens (including phenoxy) is 3. The van der Waals surface area contributed by atoms with Gasteiger partial charge in [-0.2, -0.15) is 0 Å². The number of hydrogen-bond acceptors (Lipinski definition) is 4. The van der Waals surface area contributed by atoms with Gasteiger partial charge in [0.25, 0.3) is 0 Å². The van der Waals surface area contributed by atoms with Crippen LogP contribution >= 0.6 is 0 Å². The van der Waals surface area contributed by atoms with Crippen LogP contribution in [0.3, 0.4) is 0 Å². The molecule has 2 atom stereocenters. The van der Waals surface area contributed by atoms with E-state index in [9.17, 15) is 9.18 Å². The van der Waals surface area contributed by atoms with Gasteiger partial charge in [0.1, 0.15) is 22.9 Å². The van der Waals surface area contributed by atoms with Gasteiger partial charge in [0, 0.05) is 18.6 Å². The molecule has 1 saturated heterocycles. The van der Waals surface area contributed by atoms with E-state index >= 15 is 0 Å². The number of allylic oxidation sites excluding steroid dienone is 1. The molecule has 1 heterocycles. The van der Waals surface area contributed by atoms with E-state index in [-0.39, 0.29) is 24.3 Å². The van der Waals surface area contributed by atoms with E-state index in [1.165, 1.54) is 19.3 Å². The monoisotopic (exact) mass is 306 g/mol. The molecule has 0 bridgehead atoms. The number of fused-ring (bicyclic) bond motifs is 1. The van der Waals surface area contributed by atoms with Gasteiger partial charge in [0.05, 0.1) is 7.11 Å². The summed E-state index contributed by atoms with van der Waals surface area (Å²) in [5.41, 5.74) is -0.00489. The predicted octanol–water partition coefficient (Wildman–Crippen LogP) is 3.00. The lowest BCUT2D eigenvalue weighted by molar-refractivity contribution is -0.117. The summed E-state index contributed by atoms with van der Waals surface area (Å²) in [6.45, 7) is 2.15. The second kappa shape index (κ2) is 5.72. The van der Waals surface area contributed by atoms with E-state index in [1.54, 1.807) is 12.1 Å². The first-order chi connectivity index (χ1) is 10.5. The number of carbonyl (C=O) groups excluding carboxylic acids is 1. The number of benzene rings is 1. The second-order valence-corrected chi connectivity index (χ2v) is 5.83. The predicted molar refractivity (Wildman–Crippen MR) is 77.9 cm³/mol. The Labute approximate surface area is 128 Å². The Morgan fingerprint density at radius 2 is 2.27 bits per heavy atom. The number of rotatable bonds is 4. The summed E-state index contributed by atoms with van der Waals surface area (Å²) in [6, 6.07) is 4.86. The van der Waals surface area contributed by atoms with Crippen LogP contribution in [0.2, 0.25) is 0 Å². The molecule has 1 aliphatic heterocycles. The fourth-order valence-electron chi connectivity index (χ4n) is 3.22. The van der Waals surface area contributed by atoms with E-state index in [0.717, 1.165) is 0 Å². The molecule has 0 spiro atoms. The molecule has 0 N–H and O–H groups in total. The Bertz CT molecular complexity index is 625. The number of ketones is 1. The summed E-state index contributed by atoms with van der Waals surface area (Å²) < 4.78 is 30.4. The summed E-state index contributed by atoms with van der Waals surface area (Å²) in [5, 5.41) is 0. The van der Waals surface area contributed by atoms with Crippen molar-refractivity contribution < 1.29 is 23.4 Å². The summed E-state index contributed by atoms with van der Waals surface area (Å²) >= 11 is 0. The largest absolute Gasteiger partial charge is 0.497 e. The molecule has 0 radical (unpaired) electrons. The zero-order valence-electron chi connectivity index (χ0n) is 12.7. The van der Waals surface area contributed by atoms with Gasteiger partial charge in [-0.15, -0.1) is 0 Å². The van der Waals surface area contributed by atoms with Crippen LogP contribution in [0, 0.1) is 11.7 Å². The average Bonchev–Trinajstić information content (AvgIpc) is 2.93. The molecule has 3 rings (SSSR count). The molecule has 0 amide bonds. The third-order valence-electron chi connectivity index (χ3n) is 4.57. The fourth-order valence-corrected chi connectivity index (χ4v) is 3.22. The minimum Gasteiger partial charge on any atom is -0.497 e. The first kappa shape index (κ1) is 15.0. The molecule has 0 unspecified atom stereocenters. The highest BCUT2D eigenvalue weighted by Gasteiger charge is 2.49.